The van der Waals surface area contributed by atoms with Crippen molar-refractivity contribution < 1.29 is 4.79 Å². The Labute approximate surface area is 145 Å². The van der Waals surface area contributed by atoms with Crippen LogP contribution in [0.1, 0.15) is 28.4 Å². The molecule has 0 saturated carbocycles. The molecule has 3 rings (SSSR count). The number of nitrogens with one attached hydrogen (secondary N) is 2. The van der Waals surface area contributed by atoms with Gasteiger partial charge in [-0.15, -0.1) is 0 Å². The zero-order valence-corrected chi connectivity index (χ0v) is 14.2. The fourth-order valence-electron chi connectivity index (χ4n) is 2.68. The summed E-state index contributed by atoms with van der Waals surface area (Å²) in [7, 11) is 0. The van der Waals surface area contributed by atoms with Gasteiger partial charge in [-0.25, -0.2) is 4.98 Å². The van der Waals surface area contributed by atoms with E-state index in [0.29, 0.717) is 5.82 Å². The molecule has 3 aromatic rings. The predicted octanol–water partition coefficient (Wildman–Crippen LogP) is 3.56. The van der Waals surface area contributed by atoms with Crippen molar-refractivity contribution >= 4 is 11.6 Å². The zero-order valence-electron chi connectivity index (χ0n) is 14.2. The van der Waals surface area contributed by atoms with Crippen LogP contribution in [0.4, 0.5) is 5.69 Å². The van der Waals surface area contributed by atoms with Gasteiger partial charge in [-0.1, -0.05) is 55.5 Å². The summed E-state index contributed by atoms with van der Waals surface area (Å²) in [6, 6.07) is 15.1. The van der Waals surface area contributed by atoms with Crippen molar-refractivity contribution in [3.05, 3.63) is 81.8 Å². The predicted molar refractivity (Wildman–Crippen MR) is 98.8 cm³/mol. The molecule has 1 aromatic heterocycles. The second-order valence-electron chi connectivity index (χ2n) is 5.76. The number of amides is 1. The molecule has 2 aromatic carbocycles. The van der Waals surface area contributed by atoms with Crippen LogP contribution in [0, 0.1) is 6.92 Å². The molecule has 0 radical (unpaired) electrons. The van der Waals surface area contributed by atoms with Crippen LogP contribution in [0.25, 0.3) is 11.4 Å². The highest BCUT2D eigenvalue weighted by molar-refractivity contribution is 6.04. The topological polar surface area (TPSA) is 74.8 Å². The van der Waals surface area contributed by atoms with E-state index in [1.807, 2.05) is 62.4 Å². The van der Waals surface area contributed by atoms with E-state index < -0.39 is 11.5 Å². The summed E-state index contributed by atoms with van der Waals surface area (Å²) >= 11 is 0. The minimum atomic E-state index is -0.461. The fourth-order valence-corrected chi connectivity index (χ4v) is 2.68. The Kier molecular flexibility index (Phi) is 4.75. The number of benzene rings is 2. The lowest BCUT2D eigenvalue weighted by atomic mass is 10.1. The van der Waals surface area contributed by atoms with Crippen molar-refractivity contribution in [2.75, 3.05) is 5.32 Å². The van der Waals surface area contributed by atoms with Gasteiger partial charge in [0.25, 0.3) is 11.5 Å². The van der Waals surface area contributed by atoms with Crippen LogP contribution in [0.3, 0.4) is 0 Å². The Bertz CT molecular complexity index is 962. The molecule has 126 valence electrons. The van der Waals surface area contributed by atoms with Crippen molar-refractivity contribution in [1.29, 1.82) is 0 Å². The minimum Gasteiger partial charge on any atom is -0.321 e. The van der Waals surface area contributed by atoms with E-state index >= 15 is 0 Å². The molecular formula is C20H19N3O2. The summed E-state index contributed by atoms with van der Waals surface area (Å²) in [5.74, 6) is -0.0235. The second kappa shape index (κ2) is 7.13. The maximum absolute atomic E-state index is 12.5. The summed E-state index contributed by atoms with van der Waals surface area (Å²) in [5.41, 5.74) is 3.06. The molecule has 1 heterocycles. The number of aromatic amines is 1. The molecule has 0 atom stereocenters. The molecule has 1 amide bonds. The maximum Gasteiger partial charge on any atom is 0.264 e. The molecule has 0 saturated heterocycles. The van der Waals surface area contributed by atoms with E-state index in [-0.39, 0.29) is 5.56 Å². The Morgan fingerprint density at radius 2 is 1.88 bits per heavy atom. The van der Waals surface area contributed by atoms with E-state index in [0.717, 1.165) is 28.8 Å². The van der Waals surface area contributed by atoms with Crippen LogP contribution in [-0.2, 0) is 6.42 Å². The van der Waals surface area contributed by atoms with Gasteiger partial charge in [0.05, 0.1) is 0 Å². The lowest BCUT2D eigenvalue weighted by Gasteiger charge is -2.12. The monoisotopic (exact) mass is 333 g/mol. The number of H-pyrrole nitrogens is 1. The van der Waals surface area contributed by atoms with Crippen molar-refractivity contribution in [3.8, 4) is 11.4 Å². The van der Waals surface area contributed by atoms with E-state index in [9.17, 15) is 9.59 Å². The molecule has 5 heteroatoms. The normalized spacial score (nSPS) is 10.5. The van der Waals surface area contributed by atoms with Gasteiger partial charge in [0.2, 0.25) is 0 Å². The van der Waals surface area contributed by atoms with Crippen LogP contribution in [0.2, 0.25) is 0 Å². The SMILES string of the molecule is CCc1cccc(C)c1NC(=O)c1cnc(-c2ccccc2)[nH]c1=O. The number of aryl methyl sites for hydroxylation is 2. The zero-order chi connectivity index (χ0) is 17.8. The number of aromatic nitrogens is 2. The Morgan fingerprint density at radius 3 is 2.56 bits per heavy atom. The number of anilines is 1. The molecule has 0 aliphatic heterocycles. The average Bonchev–Trinajstić information content (AvgIpc) is 2.64. The summed E-state index contributed by atoms with van der Waals surface area (Å²) < 4.78 is 0. The van der Waals surface area contributed by atoms with Gasteiger partial charge < -0.3 is 10.3 Å². The van der Waals surface area contributed by atoms with Gasteiger partial charge in [0, 0.05) is 17.4 Å². The number of rotatable bonds is 4. The largest absolute Gasteiger partial charge is 0.321 e. The quantitative estimate of drug-likeness (QED) is 0.766. The van der Waals surface area contributed by atoms with Gasteiger partial charge in [-0.05, 0) is 24.5 Å². The van der Waals surface area contributed by atoms with E-state index in [2.05, 4.69) is 15.3 Å². The van der Waals surface area contributed by atoms with Crippen LogP contribution >= 0.6 is 0 Å². The Hall–Kier alpha value is -3.21. The third kappa shape index (κ3) is 3.50. The number of carbonyl (C=O) groups excluding carboxylic acids is 1. The summed E-state index contributed by atoms with van der Waals surface area (Å²) in [5, 5.41) is 2.85. The summed E-state index contributed by atoms with van der Waals surface area (Å²) in [6.07, 6.45) is 2.11. The van der Waals surface area contributed by atoms with Crippen molar-refractivity contribution in [2.24, 2.45) is 0 Å². The van der Waals surface area contributed by atoms with E-state index in [1.54, 1.807) is 0 Å². The lowest BCUT2D eigenvalue weighted by Crippen LogP contribution is -2.24. The number of para-hydroxylation sites is 1. The maximum atomic E-state index is 12.5. The van der Waals surface area contributed by atoms with Crippen LogP contribution in [0.5, 0.6) is 0 Å². The second-order valence-corrected chi connectivity index (χ2v) is 5.76. The number of hydrogen-bond donors (Lipinski definition) is 2. The van der Waals surface area contributed by atoms with Crippen LogP contribution < -0.4 is 10.9 Å². The van der Waals surface area contributed by atoms with Crippen molar-refractivity contribution in [2.45, 2.75) is 20.3 Å². The number of hydrogen-bond acceptors (Lipinski definition) is 3. The van der Waals surface area contributed by atoms with Crippen LogP contribution in [0.15, 0.2) is 59.5 Å². The summed E-state index contributed by atoms with van der Waals surface area (Å²) in [4.78, 5) is 31.8. The average molecular weight is 333 g/mol. The van der Waals surface area contributed by atoms with Gasteiger partial charge in [0.15, 0.2) is 0 Å². The smallest absolute Gasteiger partial charge is 0.264 e. The number of nitrogens with zero attached hydrogens (tertiary/aromatic N) is 1. The lowest BCUT2D eigenvalue weighted by molar-refractivity contribution is 0.102. The first-order valence-electron chi connectivity index (χ1n) is 8.14. The fraction of sp³-hybridized carbons (Fsp3) is 0.150. The van der Waals surface area contributed by atoms with Crippen LogP contribution in [-0.4, -0.2) is 15.9 Å². The molecule has 0 spiro atoms. The van der Waals surface area contributed by atoms with Crippen molar-refractivity contribution in [1.82, 2.24) is 9.97 Å². The Balaban J connectivity index is 1.90. The molecule has 2 N–H and O–H groups in total. The molecular weight excluding hydrogens is 314 g/mol. The highest BCUT2D eigenvalue weighted by Gasteiger charge is 2.15. The molecule has 25 heavy (non-hydrogen) atoms. The minimum absolute atomic E-state index is 0.00927. The molecule has 0 aliphatic rings. The highest BCUT2D eigenvalue weighted by atomic mass is 16.2. The highest BCUT2D eigenvalue weighted by Crippen LogP contribution is 2.21. The van der Waals surface area contributed by atoms with Gasteiger partial charge >= 0.3 is 0 Å². The van der Waals surface area contributed by atoms with E-state index in [1.165, 1.54) is 6.20 Å². The van der Waals surface area contributed by atoms with Gasteiger partial charge in [0.1, 0.15) is 11.4 Å². The Morgan fingerprint density at radius 1 is 1.12 bits per heavy atom. The third-order valence-electron chi connectivity index (χ3n) is 4.07. The third-order valence-corrected chi connectivity index (χ3v) is 4.07. The standard InChI is InChI=1S/C20H19N3O2/c1-3-14-11-7-8-13(2)17(14)22-19(24)16-12-21-18(23-20(16)25)15-9-5-4-6-10-15/h4-12H,3H2,1-2H3,(H,22,24)(H,21,23,25). The van der Waals surface area contributed by atoms with E-state index in [4.69, 9.17) is 0 Å². The molecule has 0 unspecified atom stereocenters. The summed E-state index contributed by atoms with van der Waals surface area (Å²) in [6.45, 7) is 3.95. The van der Waals surface area contributed by atoms with Gasteiger partial charge in [-0.3, -0.25) is 9.59 Å². The number of carbonyl (C=O) groups is 1. The molecule has 0 aliphatic carbocycles. The van der Waals surface area contributed by atoms with Gasteiger partial charge in [-0.2, -0.15) is 0 Å². The van der Waals surface area contributed by atoms with Crippen molar-refractivity contribution in [3.63, 3.8) is 0 Å². The first kappa shape index (κ1) is 16.6. The molecule has 0 bridgehead atoms. The molecule has 5 nitrogen and oxygen atoms in total. The molecule has 0 fully saturated rings. The first-order chi connectivity index (χ1) is 12.1. The first-order valence-corrected chi connectivity index (χ1v) is 8.14.